The number of allylic oxidation sites excluding steroid dienone is 8. The largest absolute Gasteiger partial charge is 4.00 e. The first-order valence-corrected chi connectivity index (χ1v) is 8.82. The van der Waals surface area contributed by atoms with Gasteiger partial charge in [0.25, 0.3) is 0 Å². The first-order valence-electron chi connectivity index (χ1n) is 7.06. The Morgan fingerprint density at radius 2 is 1.22 bits per heavy atom. The van der Waals surface area contributed by atoms with Gasteiger partial charge in [-0.3, -0.25) is 12.2 Å². The van der Waals surface area contributed by atoms with Gasteiger partial charge in [0.1, 0.15) is 0 Å². The summed E-state index contributed by atoms with van der Waals surface area (Å²) in [6.07, 6.45) is 20.0. The van der Waals surface area contributed by atoms with Crippen molar-refractivity contribution in [2.45, 2.75) is 26.7 Å². The zero-order valence-electron chi connectivity index (χ0n) is 13.5. The van der Waals surface area contributed by atoms with Crippen LogP contribution in [-0.2, 0) is 21.7 Å². The standard InChI is InChI=1S/2C5H5S.2C5H5.Ti/c2*1-5-2-3-6-4-5;2*1-2-4-5-3-1;/h2*2-3H,1H3;2*1-3H,4H2;/q4*-1;+4. The molecule has 0 aliphatic heterocycles. The van der Waals surface area contributed by atoms with Crippen LogP contribution >= 0.6 is 22.7 Å². The molecule has 0 saturated carbocycles. The maximum atomic E-state index is 3.04. The normalized spacial score (nSPS) is 12.3. The molecule has 2 aliphatic rings. The molecule has 0 amide bonds. The molecule has 0 radical (unpaired) electrons. The van der Waals surface area contributed by atoms with Gasteiger partial charge in [0.2, 0.25) is 0 Å². The van der Waals surface area contributed by atoms with Gasteiger partial charge in [-0.15, -0.1) is 23.6 Å². The van der Waals surface area contributed by atoms with E-state index in [1.54, 1.807) is 22.7 Å². The summed E-state index contributed by atoms with van der Waals surface area (Å²) >= 11 is 3.23. The molecule has 0 unspecified atom stereocenters. The van der Waals surface area contributed by atoms with E-state index in [1.807, 2.05) is 61.0 Å². The van der Waals surface area contributed by atoms with E-state index in [9.17, 15) is 0 Å². The van der Waals surface area contributed by atoms with Crippen molar-refractivity contribution < 1.29 is 21.7 Å². The second kappa shape index (κ2) is 16.0. The quantitative estimate of drug-likeness (QED) is 0.375. The Balaban J connectivity index is 0.000000278. The molecule has 2 heterocycles. The Labute approximate surface area is 163 Å². The van der Waals surface area contributed by atoms with Crippen LogP contribution in [0, 0.1) is 36.8 Å². The fourth-order valence-electron chi connectivity index (χ4n) is 1.27. The zero-order chi connectivity index (χ0) is 15.9. The minimum Gasteiger partial charge on any atom is -0.304 e. The second-order valence-corrected chi connectivity index (χ2v) is 5.84. The molecule has 0 N–H and O–H groups in total. The van der Waals surface area contributed by atoms with E-state index < -0.39 is 0 Å². The second-order valence-electron chi connectivity index (χ2n) is 4.42. The van der Waals surface area contributed by atoms with E-state index in [-0.39, 0.29) is 21.7 Å². The van der Waals surface area contributed by atoms with E-state index in [0.29, 0.717) is 0 Å². The topological polar surface area (TPSA) is 0 Å². The average Bonchev–Trinajstić information content (AvgIpc) is 3.32. The van der Waals surface area contributed by atoms with Crippen molar-refractivity contribution in [1.29, 1.82) is 0 Å². The molecule has 0 spiro atoms. The summed E-state index contributed by atoms with van der Waals surface area (Å²) in [5.41, 5.74) is 2.47. The fraction of sp³-hybridized carbons (Fsp3) is 0.200. The Hall–Kier alpha value is -0.926. The van der Waals surface area contributed by atoms with Crippen molar-refractivity contribution in [3.8, 4) is 0 Å². The minimum absolute atomic E-state index is 0. The third-order valence-electron chi connectivity index (χ3n) is 2.38. The molecule has 0 atom stereocenters. The molecular weight excluding hydrogens is 352 g/mol. The van der Waals surface area contributed by atoms with E-state index in [2.05, 4.69) is 35.1 Å². The maximum Gasteiger partial charge on any atom is 4.00 e. The Bertz CT molecular complexity index is 499. The number of hydrogen-bond donors (Lipinski definition) is 0. The van der Waals surface area contributed by atoms with Gasteiger partial charge in [0.05, 0.1) is 0 Å². The number of thiophene rings is 2. The Morgan fingerprint density at radius 1 is 0.783 bits per heavy atom. The number of rotatable bonds is 0. The summed E-state index contributed by atoms with van der Waals surface area (Å²) in [5, 5.41) is 10.1. The predicted molar refractivity (Wildman–Crippen MR) is 98.9 cm³/mol. The van der Waals surface area contributed by atoms with Gasteiger partial charge >= 0.3 is 21.7 Å². The zero-order valence-corrected chi connectivity index (χ0v) is 16.7. The minimum atomic E-state index is 0. The van der Waals surface area contributed by atoms with Crippen molar-refractivity contribution in [1.82, 2.24) is 0 Å². The first kappa shape index (κ1) is 22.1. The Kier molecular flexibility index (Phi) is 15.3. The molecule has 0 fully saturated rings. The van der Waals surface area contributed by atoms with Crippen LogP contribution in [0.15, 0.2) is 59.3 Å². The van der Waals surface area contributed by atoms with Gasteiger partial charge in [-0.1, -0.05) is 13.8 Å². The van der Waals surface area contributed by atoms with Crippen LogP contribution < -0.4 is 0 Å². The molecule has 4 rings (SSSR count). The summed E-state index contributed by atoms with van der Waals surface area (Å²) in [5.74, 6) is 0. The van der Waals surface area contributed by atoms with Crippen LogP contribution in [0.4, 0.5) is 0 Å². The van der Waals surface area contributed by atoms with Crippen LogP contribution in [-0.4, -0.2) is 0 Å². The first-order chi connectivity index (χ1) is 10.8. The summed E-state index contributed by atoms with van der Waals surface area (Å²) in [6, 6.07) is 4.09. The summed E-state index contributed by atoms with van der Waals surface area (Å²) in [7, 11) is 0. The molecule has 0 saturated heterocycles. The third kappa shape index (κ3) is 14.4. The van der Waals surface area contributed by atoms with Gasteiger partial charge in [-0.05, 0) is 0 Å². The Morgan fingerprint density at radius 3 is 1.30 bits per heavy atom. The molecular formula is C20H20S2Ti. The van der Waals surface area contributed by atoms with Crippen molar-refractivity contribution in [2.24, 2.45) is 0 Å². The summed E-state index contributed by atoms with van der Waals surface area (Å²) in [6.45, 7) is 4.08. The molecule has 0 nitrogen and oxygen atoms in total. The summed E-state index contributed by atoms with van der Waals surface area (Å²) < 4.78 is 0. The molecule has 0 aromatic carbocycles. The van der Waals surface area contributed by atoms with E-state index in [1.165, 1.54) is 11.1 Å². The van der Waals surface area contributed by atoms with Crippen molar-refractivity contribution >= 4 is 22.7 Å². The SMILES string of the molecule is Cc1[c-]scc1.Cc1[c-]scc1.[C-]1=CC=CC1.[C-]1=CC=CC1.[Ti+4]. The molecule has 0 bridgehead atoms. The summed E-state index contributed by atoms with van der Waals surface area (Å²) in [4.78, 5) is 0. The third-order valence-corrected chi connectivity index (χ3v) is 3.81. The van der Waals surface area contributed by atoms with Crippen LogP contribution in [0.3, 0.4) is 0 Å². The van der Waals surface area contributed by atoms with Crippen LogP contribution in [0.25, 0.3) is 0 Å². The van der Waals surface area contributed by atoms with Gasteiger partial charge in [-0.25, -0.2) is 36.4 Å². The van der Waals surface area contributed by atoms with Gasteiger partial charge in [0, 0.05) is 0 Å². The molecule has 2 aliphatic carbocycles. The number of aryl methyl sites for hydroxylation is 2. The molecule has 116 valence electrons. The van der Waals surface area contributed by atoms with Gasteiger partial charge in [0.15, 0.2) is 0 Å². The molecule has 2 aromatic rings. The van der Waals surface area contributed by atoms with Crippen LogP contribution in [0.2, 0.25) is 0 Å². The molecule has 3 heteroatoms. The van der Waals surface area contributed by atoms with Crippen molar-refractivity contribution in [2.75, 3.05) is 0 Å². The molecule has 23 heavy (non-hydrogen) atoms. The predicted octanol–water partition coefficient (Wildman–Crippen LogP) is 6.32. The van der Waals surface area contributed by atoms with E-state index in [0.717, 1.165) is 12.8 Å². The van der Waals surface area contributed by atoms with E-state index >= 15 is 0 Å². The van der Waals surface area contributed by atoms with E-state index in [4.69, 9.17) is 0 Å². The smallest absolute Gasteiger partial charge is 0.304 e. The fourth-order valence-corrected chi connectivity index (χ4v) is 2.46. The maximum absolute atomic E-state index is 3.04. The van der Waals surface area contributed by atoms with Crippen LogP contribution in [0.5, 0.6) is 0 Å². The van der Waals surface area contributed by atoms with Crippen molar-refractivity contribution in [3.63, 3.8) is 0 Å². The van der Waals surface area contributed by atoms with Crippen molar-refractivity contribution in [3.05, 3.63) is 93.4 Å². The monoisotopic (exact) mass is 372 g/mol. The number of hydrogen-bond acceptors (Lipinski definition) is 2. The van der Waals surface area contributed by atoms with Gasteiger partial charge < -0.3 is 22.7 Å². The molecule has 2 aromatic heterocycles. The average molecular weight is 372 g/mol. The van der Waals surface area contributed by atoms with Gasteiger partial charge in [-0.2, -0.15) is 34.0 Å². The van der Waals surface area contributed by atoms with Crippen LogP contribution in [0.1, 0.15) is 24.0 Å².